The van der Waals surface area contributed by atoms with Crippen molar-refractivity contribution in [2.24, 2.45) is 0 Å². The van der Waals surface area contributed by atoms with E-state index in [0.717, 1.165) is 11.1 Å². The second kappa shape index (κ2) is 7.68. The molecule has 0 radical (unpaired) electrons. The molecule has 0 heterocycles. The van der Waals surface area contributed by atoms with E-state index in [1.54, 1.807) is 7.11 Å². The first-order valence-corrected chi connectivity index (χ1v) is 7.83. The highest BCUT2D eigenvalue weighted by molar-refractivity contribution is 5.87. The van der Waals surface area contributed by atoms with Crippen LogP contribution in [0.4, 0.5) is 8.78 Å². The van der Waals surface area contributed by atoms with Gasteiger partial charge in [0.15, 0.2) is 0 Å². The molecule has 0 bridgehead atoms. The van der Waals surface area contributed by atoms with Gasteiger partial charge in [0, 0.05) is 32.5 Å². The number of methoxy groups -OCH3 is 1. The number of halogens is 2. The van der Waals surface area contributed by atoms with E-state index in [1.165, 1.54) is 11.0 Å². The van der Waals surface area contributed by atoms with Gasteiger partial charge in [-0.3, -0.25) is 4.79 Å². The second-order valence-corrected chi connectivity index (χ2v) is 5.98. The molecule has 0 spiro atoms. The normalized spacial score (nSPS) is 20.0. The van der Waals surface area contributed by atoms with Crippen LogP contribution in [0.5, 0.6) is 0 Å². The fourth-order valence-electron chi connectivity index (χ4n) is 3.11. The highest BCUT2D eigenvalue weighted by Crippen LogP contribution is 2.36. The number of benzene rings is 1. The molecule has 1 atom stereocenters. The lowest BCUT2D eigenvalue weighted by Gasteiger charge is -2.37. The first-order chi connectivity index (χ1) is 11.0. The van der Waals surface area contributed by atoms with Crippen molar-refractivity contribution < 1.29 is 18.3 Å². The van der Waals surface area contributed by atoms with Crippen LogP contribution in [0.2, 0.25) is 0 Å². The molecule has 1 unspecified atom stereocenters. The summed E-state index contributed by atoms with van der Waals surface area (Å²) in [6.07, 6.45) is 1.85. The molecule has 1 aromatic carbocycles. The maximum atomic E-state index is 13.7. The van der Waals surface area contributed by atoms with E-state index < -0.39 is 12.0 Å². The van der Waals surface area contributed by atoms with E-state index >= 15 is 0 Å². The van der Waals surface area contributed by atoms with Crippen molar-refractivity contribution in [1.82, 2.24) is 4.90 Å². The number of ether oxygens (including phenoxy) is 1. The van der Waals surface area contributed by atoms with Gasteiger partial charge in [0.25, 0.3) is 0 Å². The van der Waals surface area contributed by atoms with E-state index in [4.69, 9.17) is 4.74 Å². The lowest BCUT2D eigenvalue weighted by Crippen LogP contribution is -2.44. The Kier molecular flexibility index (Phi) is 5.88. The predicted molar refractivity (Wildman–Crippen MR) is 85.1 cm³/mol. The van der Waals surface area contributed by atoms with Crippen LogP contribution in [-0.4, -0.2) is 29.9 Å². The third-order valence-corrected chi connectivity index (χ3v) is 4.27. The van der Waals surface area contributed by atoms with Crippen molar-refractivity contribution in [3.8, 4) is 0 Å². The molecule has 1 fully saturated rings. The van der Waals surface area contributed by atoms with Crippen LogP contribution < -0.4 is 0 Å². The van der Waals surface area contributed by atoms with E-state index in [2.05, 4.69) is 6.58 Å². The van der Waals surface area contributed by atoms with Crippen LogP contribution in [0.1, 0.15) is 36.8 Å². The van der Waals surface area contributed by atoms with Crippen LogP contribution in [0.3, 0.4) is 0 Å². The Hall–Kier alpha value is -1.75. The minimum Gasteiger partial charge on any atom is -0.380 e. The Labute approximate surface area is 135 Å². The highest BCUT2D eigenvalue weighted by atomic mass is 19.3. The summed E-state index contributed by atoms with van der Waals surface area (Å²) in [5, 5.41) is 0. The molecule has 2 rings (SSSR count). The number of nitrogens with zero attached hydrogens (tertiary/aromatic N) is 1. The van der Waals surface area contributed by atoms with Gasteiger partial charge < -0.3 is 9.64 Å². The van der Waals surface area contributed by atoms with Crippen molar-refractivity contribution in [2.45, 2.75) is 50.8 Å². The van der Waals surface area contributed by atoms with Crippen molar-refractivity contribution in [2.75, 3.05) is 7.11 Å². The van der Waals surface area contributed by atoms with Crippen molar-refractivity contribution >= 4 is 5.91 Å². The largest absolute Gasteiger partial charge is 0.380 e. The van der Waals surface area contributed by atoms with Crippen LogP contribution in [0.15, 0.2) is 36.9 Å². The molecule has 1 aliphatic rings. The summed E-state index contributed by atoms with van der Waals surface area (Å²) in [4.78, 5) is 13.7. The highest BCUT2D eigenvalue weighted by Gasteiger charge is 2.39. The first-order valence-electron chi connectivity index (χ1n) is 7.83. The summed E-state index contributed by atoms with van der Waals surface area (Å²) >= 11 is 0. The molecule has 5 heteroatoms. The molecule has 126 valence electrons. The zero-order chi connectivity index (χ0) is 16.9. The van der Waals surface area contributed by atoms with Gasteiger partial charge in [0.1, 0.15) is 0 Å². The fraction of sp³-hybridized carbons (Fsp3) is 0.500. The summed E-state index contributed by atoms with van der Waals surface area (Å²) in [6.45, 7) is 4.23. The number of alkyl halides is 2. The predicted octanol–water partition coefficient (Wildman–Crippen LogP) is 3.93. The Bertz CT molecular complexity index is 560. The lowest BCUT2D eigenvalue weighted by atomic mass is 9.90. The Balaban J connectivity index is 2.23. The Morgan fingerprint density at radius 3 is 2.74 bits per heavy atom. The molecule has 23 heavy (non-hydrogen) atoms. The van der Waals surface area contributed by atoms with Gasteiger partial charge in [-0.25, -0.2) is 8.78 Å². The average molecular weight is 323 g/mol. The number of rotatable bonds is 6. The minimum absolute atomic E-state index is 0.0973. The quantitative estimate of drug-likeness (QED) is 0.743. The van der Waals surface area contributed by atoms with E-state index in [9.17, 15) is 13.6 Å². The van der Waals surface area contributed by atoms with Crippen LogP contribution in [0, 0.1) is 0 Å². The maximum absolute atomic E-state index is 13.7. The summed E-state index contributed by atoms with van der Waals surface area (Å²) in [6, 6.07) is 7.14. The molecule has 1 aliphatic carbocycles. The molecule has 0 saturated heterocycles. The van der Waals surface area contributed by atoms with Gasteiger partial charge in [0.05, 0.1) is 6.61 Å². The zero-order valence-electron chi connectivity index (χ0n) is 13.4. The van der Waals surface area contributed by atoms with Crippen LogP contribution in [-0.2, 0) is 22.7 Å². The molecule has 1 amide bonds. The van der Waals surface area contributed by atoms with Crippen molar-refractivity contribution in [1.29, 1.82) is 0 Å². The zero-order valence-corrected chi connectivity index (χ0v) is 13.4. The van der Waals surface area contributed by atoms with Gasteiger partial charge in [-0.1, -0.05) is 30.8 Å². The summed E-state index contributed by atoms with van der Waals surface area (Å²) in [7, 11) is 1.60. The van der Waals surface area contributed by atoms with Gasteiger partial charge >= 0.3 is 0 Å². The van der Waals surface area contributed by atoms with Crippen molar-refractivity contribution in [3.63, 3.8) is 0 Å². The topological polar surface area (TPSA) is 29.5 Å². The molecule has 1 saturated carbocycles. The monoisotopic (exact) mass is 323 g/mol. The third-order valence-electron chi connectivity index (χ3n) is 4.27. The average Bonchev–Trinajstić information content (AvgIpc) is 2.52. The SMILES string of the molecule is C=CC(=O)N(Cc1ccccc1COC)C1CCCC(F)(F)C1. The lowest BCUT2D eigenvalue weighted by molar-refractivity contribution is -0.133. The fourth-order valence-corrected chi connectivity index (χ4v) is 3.11. The Morgan fingerprint density at radius 1 is 1.43 bits per heavy atom. The van der Waals surface area contributed by atoms with E-state index in [0.29, 0.717) is 26.0 Å². The van der Waals surface area contributed by atoms with Crippen LogP contribution >= 0.6 is 0 Å². The van der Waals surface area contributed by atoms with Crippen LogP contribution in [0.25, 0.3) is 0 Å². The minimum atomic E-state index is -2.70. The summed E-state index contributed by atoms with van der Waals surface area (Å²) < 4.78 is 32.6. The van der Waals surface area contributed by atoms with Gasteiger partial charge in [-0.2, -0.15) is 0 Å². The number of hydrogen-bond acceptors (Lipinski definition) is 2. The smallest absolute Gasteiger partial charge is 0.250 e. The first kappa shape index (κ1) is 17.6. The number of carbonyl (C=O) groups excluding carboxylic acids is 1. The number of carbonyl (C=O) groups is 1. The number of amides is 1. The standard InChI is InChI=1S/C18H23F2NO2/c1-3-17(22)21(16-9-6-10-18(19,20)11-16)12-14-7-4-5-8-15(14)13-23-2/h3-5,7-8,16H,1,6,9-13H2,2H3. The Morgan fingerprint density at radius 2 is 2.13 bits per heavy atom. The van der Waals surface area contributed by atoms with Gasteiger partial charge in [-0.15, -0.1) is 0 Å². The molecule has 0 aromatic heterocycles. The van der Waals surface area contributed by atoms with E-state index in [1.807, 2.05) is 24.3 Å². The molecule has 0 aliphatic heterocycles. The van der Waals surface area contributed by atoms with Gasteiger partial charge in [-0.05, 0) is 30.0 Å². The molecule has 1 aromatic rings. The molecular formula is C18H23F2NO2. The summed E-state index contributed by atoms with van der Waals surface area (Å²) in [5.74, 6) is -3.01. The molecule has 3 nitrogen and oxygen atoms in total. The maximum Gasteiger partial charge on any atom is 0.250 e. The van der Waals surface area contributed by atoms with Gasteiger partial charge in [0.2, 0.25) is 11.8 Å². The second-order valence-electron chi connectivity index (χ2n) is 5.98. The third kappa shape index (κ3) is 4.61. The van der Waals surface area contributed by atoms with Crippen molar-refractivity contribution in [3.05, 3.63) is 48.0 Å². The molecular weight excluding hydrogens is 300 g/mol. The number of hydrogen-bond donors (Lipinski definition) is 0. The summed E-state index contributed by atoms with van der Waals surface area (Å²) in [5.41, 5.74) is 1.87. The molecule has 0 N–H and O–H groups in total. The van der Waals surface area contributed by atoms with E-state index in [-0.39, 0.29) is 18.7 Å².